The fourth-order valence-corrected chi connectivity index (χ4v) is 2.12. The fourth-order valence-electron chi connectivity index (χ4n) is 2.12. The van der Waals surface area contributed by atoms with Crippen molar-refractivity contribution in [1.82, 2.24) is 0 Å². The van der Waals surface area contributed by atoms with Gasteiger partial charge in [-0.3, -0.25) is 4.79 Å². The Labute approximate surface area is 135 Å². The Morgan fingerprint density at radius 1 is 1.00 bits per heavy atom. The first-order chi connectivity index (χ1) is 11.1. The van der Waals surface area contributed by atoms with Crippen molar-refractivity contribution < 1.29 is 14.3 Å². The largest absolute Gasteiger partial charge is 0.462 e. The van der Waals surface area contributed by atoms with Gasteiger partial charge in [0.05, 0.1) is 24.4 Å². The maximum atomic E-state index is 12.1. The third-order valence-corrected chi connectivity index (χ3v) is 3.28. The molecule has 2 rings (SSSR count). The van der Waals surface area contributed by atoms with Crippen LogP contribution in [0.3, 0.4) is 0 Å². The lowest BCUT2D eigenvalue weighted by atomic mass is 10.1. The Kier molecular flexibility index (Phi) is 5.74. The third kappa shape index (κ3) is 4.57. The van der Waals surface area contributed by atoms with Gasteiger partial charge in [0.15, 0.2) is 0 Å². The van der Waals surface area contributed by atoms with Crippen LogP contribution < -0.4 is 10.6 Å². The second-order valence-electron chi connectivity index (χ2n) is 4.98. The second kappa shape index (κ2) is 7.98. The van der Waals surface area contributed by atoms with Crippen LogP contribution in [0.5, 0.6) is 0 Å². The Bertz CT molecular complexity index is 698. The molecule has 0 saturated carbocycles. The number of aryl methyl sites for hydroxylation is 1. The summed E-state index contributed by atoms with van der Waals surface area (Å²) in [4.78, 5) is 24.0. The molecule has 0 unspecified atom stereocenters. The Hall–Kier alpha value is -2.82. The van der Waals surface area contributed by atoms with Gasteiger partial charge in [0, 0.05) is 5.69 Å². The molecule has 0 radical (unpaired) electrons. The monoisotopic (exact) mass is 312 g/mol. The molecule has 0 fully saturated rings. The van der Waals surface area contributed by atoms with Crippen LogP contribution in [0.4, 0.5) is 11.4 Å². The van der Waals surface area contributed by atoms with Gasteiger partial charge in [0.25, 0.3) is 0 Å². The molecular weight excluding hydrogens is 292 g/mol. The molecular formula is C18H20N2O3. The summed E-state index contributed by atoms with van der Waals surface area (Å²) < 4.78 is 4.99. The van der Waals surface area contributed by atoms with Crippen molar-refractivity contribution in [3.8, 4) is 0 Å². The van der Waals surface area contributed by atoms with Gasteiger partial charge in [-0.15, -0.1) is 0 Å². The Morgan fingerprint density at radius 3 is 2.35 bits per heavy atom. The van der Waals surface area contributed by atoms with E-state index in [1.807, 2.05) is 31.2 Å². The van der Waals surface area contributed by atoms with E-state index in [1.165, 1.54) is 0 Å². The van der Waals surface area contributed by atoms with E-state index in [2.05, 4.69) is 10.6 Å². The SMILES string of the molecule is CCOC(=O)c1ccccc1NC(=O)CNc1ccccc1C. The van der Waals surface area contributed by atoms with Crippen LogP contribution in [0.15, 0.2) is 48.5 Å². The van der Waals surface area contributed by atoms with Crippen molar-refractivity contribution >= 4 is 23.3 Å². The predicted molar refractivity (Wildman–Crippen MR) is 90.7 cm³/mol. The van der Waals surface area contributed by atoms with E-state index >= 15 is 0 Å². The van der Waals surface area contributed by atoms with E-state index in [1.54, 1.807) is 31.2 Å². The zero-order chi connectivity index (χ0) is 16.7. The van der Waals surface area contributed by atoms with Gasteiger partial charge in [-0.05, 0) is 37.6 Å². The minimum atomic E-state index is -0.449. The highest BCUT2D eigenvalue weighted by Crippen LogP contribution is 2.17. The van der Waals surface area contributed by atoms with Crippen molar-refractivity contribution in [3.63, 3.8) is 0 Å². The number of esters is 1. The molecule has 5 heteroatoms. The number of hydrogen-bond donors (Lipinski definition) is 2. The molecule has 2 aromatic rings. The van der Waals surface area contributed by atoms with Crippen molar-refractivity contribution in [2.24, 2.45) is 0 Å². The number of nitrogens with one attached hydrogen (secondary N) is 2. The topological polar surface area (TPSA) is 67.4 Å². The molecule has 0 aliphatic rings. The van der Waals surface area contributed by atoms with Crippen molar-refractivity contribution in [2.45, 2.75) is 13.8 Å². The van der Waals surface area contributed by atoms with Crippen LogP contribution in [-0.2, 0) is 9.53 Å². The Balaban J connectivity index is 2.01. The van der Waals surface area contributed by atoms with Gasteiger partial charge in [0.1, 0.15) is 0 Å². The third-order valence-electron chi connectivity index (χ3n) is 3.28. The zero-order valence-corrected chi connectivity index (χ0v) is 13.3. The lowest BCUT2D eigenvalue weighted by molar-refractivity contribution is -0.114. The first-order valence-electron chi connectivity index (χ1n) is 7.47. The number of amides is 1. The maximum absolute atomic E-state index is 12.1. The van der Waals surface area contributed by atoms with Gasteiger partial charge in [-0.25, -0.2) is 4.79 Å². The summed E-state index contributed by atoms with van der Waals surface area (Å²) >= 11 is 0. The molecule has 0 bridgehead atoms. The van der Waals surface area contributed by atoms with Crippen LogP contribution in [0.25, 0.3) is 0 Å². The van der Waals surface area contributed by atoms with Crippen LogP contribution in [0, 0.1) is 6.92 Å². The molecule has 2 aromatic carbocycles. The van der Waals surface area contributed by atoms with Gasteiger partial charge < -0.3 is 15.4 Å². The number of anilines is 2. The normalized spacial score (nSPS) is 10.0. The van der Waals surface area contributed by atoms with E-state index in [-0.39, 0.29) is 19.1 Å². The molecule has 0 spiro atoms. The molecule has 0 aromatic heterocycles. The fraction of sp³-hybridized carbons (Fsp3) is 0.222. The number of hydrogen-bond acceptors (Lipinski definition) is 4. The van der Waals surface area contributed by atoms with Crippen molar-refractivity contribution in [2.75, 3.05) is 23.8 Å². The predicted octanol–water partition coefficient (Wildman–Crippen LogP) is 3.22. The number of carbonyl (C=O) groups excluding carboxylic acids is 2. The summed E-state index contributed by atoms with van der Waals surface area (Å²) in [7, 11) is 0. The van der Waals surface area contributed by atoms with E-state index in [0.29, 0.717) is 11.3 Å². The number of benzene rings is 2. The number of carbonyl (C=O) groups is 2. The van der Waals surface area contributed by atoms with E-state index in [0.717, 1.165) is 11.3 Å². The van der Waals surface area contributed by atoms with E-state index in [4.69, 9.17) is 4.74 Å². The Morgan fingerprint density at radius 2 is 1.65 bits per heavy atom. The van der Waals surface area contributed by atoms with Crippen LogP contribution in [-0.4, -0.2) is 25.0 Å². The second-order valence-corrected chi connectivity index (χ2v) is 4.98. The van der Waals surface area contributed by atoms with Crippen LogP contribution in [0.1, 0.15) is 22.8 Å². The van der Waals surface area contributed by atoms with Crippen molar-refractivity contribution in [1.29, 1.82) is 0 Å². The molecule has 23 heavy (non-hydrogen) atoms. The highest BCUT2D eigenvalue weighted by atomic mass is 16.5. The molecule has 0 heterocycles. The van der Waals surface area contributed by atoms with Crippen LogP contribution in [0.2, 0.25) is 0 Å². The molecule has 0 aliphatic carbocycles. The highest BCUT2D eigenvalue weighted by Gasteiger charge is 2.13. The molecule has 1 amide bonds. The molecule has 0 atom stereocenters. The lowest BCUT2D eigenvalue weighted by Crippen LogP contribution is -2.23. The summed E-state index contributed by atoms with van der Waals surface area (Å²) in [6.07, 6.45) is 0. The van der Waals surface area contributed by atoms with Crippen molar-refractivity contribution in [3.05, 3.63) is 59.7 Å². The smallest absolute Gasteiger partial charge is 0.340 e. The highest BCUT2D eigenvalue weighted by molar-refractivity contribution is 6.02. The summed E-state index contributed by atoms with van der Waals surface area (Å²) in [5, 5.41) is 5.82. The van der Waals surface area contributed by atoms with Crippen LogP contribution >= 0.6 is 0 Å². The molecule has 5 nitrogen and oxygen atoms in total. The van der Waals surface area contributed by atoms with Gasteiger partial charge in [-0.1, -0.05) is 30.3 Å². The first-order valence-corrected chi connectivity index (χ1v) is 7.47. The van der Waals surface area contributed by atoms with Gasteiger partial charge >= 0.3 is 5.97 Å². The average Bonchev–Trinajstić information content (AvgIpc) is 2.55. The average molecular weight is 312 g/mol. The minimum Gasteiger partial charge on any atom is -0.462 e. The minimum absolute atomic E-state index is 0.113. The lowest BCUT2D eigenvalue weighted by Gasteiger charge is -2.12. The number of ether oxygens (including phenoxy) is 1. The summed E-state index contributed by atoms with van der Waals surface area (Å²) in [6.45, 7) is 4.11. The van der Waals surface area contributed by atoms with E-state index < -0.39 is 5.97 Å². The number of rotatable bonds is 6. The standard InChI is InChI=1S/C18H20N2O3/c1-3-23-18(22)14-9-5-7-11-16(14)20-17(21)12-19-15-10-6-4-8-13(15)2/h4-11,19H,3,12H2,1-2H3,(H,20,21). The van der Waals surface area contributed by atoms with E-state index in [9.17, 15) is 9.59 Å². The zero-order valence-electron chi connectivity index (χ0n) is 13.3. The summed E-state index contributed by atoms with van der Waals surface area (Å²) in [6, 6.07) is 14.5. The molecule has 120 valence electrons. The molecule has 0 aliphatic heterocycles. The molecule has 0 saturated heterocycles. The maximum Gasteiger partial charge on any atom is 0.340 e. The first kappa shape index (κ1) is 16.5. The molecule has 2 N–H and O–H groups in total. The number of para-hydroxylation sites is 2. The summed E-state index contributed by atoms with van der Waals surface area (Å²) in [5.74, 6) is -0.680. The quantitative estimate of drug-likeness (QED) is 0.804. The van der Waals surface area contributed by atoms with Gasteiger partial charge in [-0.2, -0.15) is 0 Å². The van der Waals surface area contributed by atoms with Gasteiger partial charge in [0.2, 0.25) is 5.91 Å². The summed E-state index contributed by atoms with van der Waals surface area (Å²) in [5.41, 5.74) is 2.76.